The largest absolute Gasteiger partial charge is 0.481 e. The first-order valence-electron chi connectivity index (χ1n) is 16.4. The number of aryl methyl sites for hydroxylation is 1. The minimum absolute atomic E-state index is 0. The second-order valence-corrected chi connectivity index (χ2v) is 12.3. The van der Waals surface area contributed by atoms with Crippen molar-refractivity contribution in [2.75, 3.05) is 53.0 Å². The van der Waals surface area contributed by atoms with E-state index in [-0.39, 0.29) is 79.6 Å². The molecule has 2 aromatic carbocycles. The van der Waals surface area contributed by atoms with Gasteiger partial charge in [-0.15, -0.1) is 24.8 Å². The Balaban J connectivity index is 0.00000292. The van der Waals surface area contributed by atoms with Crippen molar-refractivity contribution in [1.29, 1.82) is 0 Å². The topological polar surface area (TPSA) is 85.2 Å². The standard InChI is InChI=1S/C36H41F3N6O4.2ClH/c1-4-48-35-40-32(47-3)28(33(41-35)49-24-36(37,38)39)22-43-20-27-21-44(34(46)29-16-11-17-42(29)2)18-19-45(27)30(23-43)31(25-12-7-5-8-13-25)26-14-9-6-10-15-26;;/h5-17,27,30-31H,4,18-24H2,1-3H3;2*1H/t27-,30+;;/m1../s1. The zero-order valence-electron chi connectivity index (χ0n) is 28.7. The molecule has 0 N–H and O–H groups in total. The van der Waals surface area contributed by atoms with E-state index in [0.717, 1.165) is 11.1 Å². The van der Waals surface area contributed by atoms with Gasteiger partial charge in [-0.2, -0.15) is 23.1 Å². The first-order valence-corrected chi connectivity index (χ1v) is 16.4. The van der Waals surface area contributed by atoms with Crippen LogP contribution in [0.1, 0.15) is 40.0 Å². The van der Waals surface area contributed by atoms with E-state index >= 15 is 0 Å². The molecular weight excluding hydrogens is 708 g/mol. The maximum atomic E-state index is 13.7. The van der Waals surface area contributed by atoms with Crippen LogP contribution in [0.15, 0.2) is 79.0 Å². The molecule has 2 fully saturated rings. The number of carbonyl (C=O) groups excluding carboxylic acids is 1. The van der Waals surface area contributed by atoms with Crippen LogP contribution in [0, 0.1) is 0 Å². The molecule has 2 saturated heterocycles. The molecule has 2 aliphatic heterocycles. The summed E-state index contributed by atoms with van der Waals surface area (Å²) in [6.07, 6.45) is -2.72. The van der Waals surface area contributed by atoms with Crippen LogP contribution < -0.4 is 14.2 Å². The van der Waals surface area contributed by atoms with Crippen LogP contribution in [0.5, 0.6) is 17.8 Å². The number of nitrogens with zero attached hydrogens (tertiary/aromatic N) is 6. The van der Waals surface area contributed by atoms with Gasteiger partial charge in [0.05, 0.1) is 19.3 Å². The van der Waals surface area contributed by atoms with E-state index in [0.29, 0.717) is 44.0 Å². The number of halogens is 5. The molecule has 4 aromatic rings. The van der Waals surface area contributed by atoms with Crippen LogP contribution in [-0.4, -0.2) is 106 Å². The van der Waals surface area contributed by atoms with E-state index < -0.39 is 12.8 Å². The molecule has 276 valence electrons. The van der Waals surface area contributed by atoms with Gasteiger partial charge >= 0.3 is 12.2 Å². The van der Waals surface area contributed by atoms with Crippen LogP contribution in [-0.2, 0) is 13.6 Å². The number of rotatable bonds is 11. The lowest BCUT2D eigenvalue weighted by Crippen LogP contribution is -2.67. The molecule has 0 radical (unpaired) electrons. The second kappa shape index (κ2) is 17.5. The third-order valence-corrected chi connectivity index (χ3v) is 9.15. The maximum Gasteiger partial charge on any atom is 0.422 e. The summed E-state index contributed by atoms with van der Waals surface area (Å²) < 4.78 is 58.2. The molecule has 0 bridgehead atoms. The molecule has 2 atom stereocenters. The number of ether oxygens (including phenoxy) is 3. The molecule has 0 spiro atoms. The molecule has 2 aromatic heterocycles. The number of piperazine rings is 2. The number of hydrogen-bond donors (Lipinski definition) is 0. The lowest BCUT2D eigenvalue weighted by atomic mass is 9.81. The minimum atomic E-state index is -4.58. The first-order chi connectivity index (χ1) is 23.6. The number of carbonyl (C=O) groups is 1. The van der Waals surface area contributed by atoms with E-state index in [9.17, 15) is 18.0 Å². The van der Waals surface area contributed by atoms with E-state index in [4.69, 9.17) is 14.2 Å². The number of methoxy groups -OCH3 is 1. The summed E-state index contributed by atoms with van der Waals surface area (Å²) in [5.41, 5.74) is 3.22. The molecule has 51 heavy (non-hydrogen) atoms. The number of benzene rings is 2. The Hall–Kier alpha value is -4.04. The molecular formula is C36H43Cl2F3N6O4. The molecule has 0 saturated carbocycles. The van der Waals surface area contributed by atoms with Crippen molar-refractivity contribution < 1.29 is 32.2 Å². The number of hydrogen-bond acceptors (Lipinski definition) is 8. The van der Waals surface area contributed by atoms with E-state index in [2.05, 4.69) is 44.0 Å². The Morgan fingerprint density at radius 1 is 0.882 bits per heavy atom. The zero-order chi connectivity index (χ0) is 34.5. The van der Waals surface area contributed by atoms with Crippen molar-refractivity contribution in [2.45, 2.75) is 37.6 Å². The van der Waals surface area contributed by atoms with Gasteiger partial charge < -0.3 is 23.7 Å². The number of aromatic nitrogens is 3. The molecule has 4 heterocycles. The van der Waals surface area contributed by atoms with E-state index in [1.807, 2.05) is 71.2 Å². The van der Waals surface area contributed by atoms with Crippen molar-refractivity contribution >= 4 is 30.7 Å². The Labute approximate surface area is 308 Å². The van der Waals surface area contributed by atoms with Crippen molar-refractivity contribution in [1.82, 2.24) is 29.2 Å². The number of amides is 1. The fraction of sp³-hybridized carbons (Fsp3) is 0.417. The van der Waals surface area contributed by atoms with Crippen LogP contribution in [0.3, 0.4) is 0 Å². The molecule has 0 aliphatic carbocycles. The highest BCUT2D eigenvalue weighted by Gasteiger charge is 2.44. The van der Waals surface area contributed by atoms with Crippen molar-refractivity contribution in [2.24, 2.45) is 7.05 Å². The molecule has 1 amide bonds. The van der Waals surface area contributed by atoms with Gasteiger partial charge in [-0.25, -0.2) is 0 Å². The van der Waals surface area contributed by atoms with Gasteiger partial charge in [-0.3, -0.25) is 14.6 Å². The lowest BCUT2D eigenvalue weighted by Gasteiger charge is -2.53. The number of fused-ring (bicyclic) bond motifs is 1. The highest BCUT2D eigenvalue weighted by atomic mass is 35.5. The molecule has 15 heteroatoms. The quantitative estimate of drug-likeness (QED) is 0.189. The van der Waals surface area contributed by atoms with Crippen LogP contribution in [0.2, 0.25) is 0 Å². The third-order valence-electron chi connectivity index (χ3n) is 9.15. The predicted octanol–water partition coefficient (Wildman–Crippen LogP) is 5.85. The third kappa shape index (κ3) is 9.26. The summed E-state index contributed by atoms with van der Waals surface area (Å²) >= 11 is 0. The van der Waals surface area contributed by atoms with E-state index in [1.165, 1.54) is 7.11 Å². The minimum Gasteiger partial charge on any atom is -0.481 e. The number of alkyl halides is 3. The Bertz CT molecular complexity index is 1680. The van der Waals surface area contributed by atoms with Crippen molar-refractivity contribution in [3.05, 3.63) is 101 Å². The Kier molecular flexibility index (Phi) is 13.6. The summed E-state index contributed by atoms with van der Waals surface area (Å²) in [5.74, 6) is -0.213. The summed E-state index contributed by atoms with van der Waals surface area (Å²) in [4.78, 5) is 28.8. The lowest BCUT2D eigenvalue weighted by molar-refractivity contribution is -0.154. The highest BCUT2D eigenvalue weighted by molar-refractivity contribution is 5.92. The van der Waals surface area contributed by atoms with Gasteiger partial charge in [0.1, 0.15) is 5.69 Å². The first kappa shape index (κ1) is 39.7. The van der Waals surface area contributed by atoms with Gasteiger partial charge in [0.2, 0.25) is 11.8 Å². The van der Waals surface area contributed by atoms with Gasteiger partial charge in [0.15, 0.2) is 6.61 Å². The van der Waals surface area contributed by atoms with Gasteiger partial charge in [0.25, 0.3) is 5.91 Å². The van der Waals surface area contributed by atoms with Crippen molar-refractivity contribution in [3.8, 4) is 17.8 Å². The normalized spacial score (nSPS) is 18.0. The van der Waals surface area contributed by atoms with Gasteiger partial charge in [0, 0.05) is 70.5 Å². The Morgan fingerprint density at radius 2 is 1.53 bits per heavy atom. The predicted molar refractivity (Wildman–Crippen MR) is 191 cm³/mol. The van der Waals surface area contributed by atoms with Crippen molar-refractivity contribution in [3.63, 3.8) is 0 Å². The monoisotopic (exact) mass is 750 g/mol. The highest BCUT2D eigenvalue weighted by Crippen LogP contribution is 2.38. The van der Waals surface area contributed by atoms with Gasteiger partial charge in [-0.05, 0) is 30.2 Å². The van der Waals surface area contributed by atoms with E-state index in [1.54, 1.807) is 6.92 Å². The fourth-order valence-corrected chi connectivity index (χ4v) is 7.04. The van der Waals surface area contributed by atoms with Crippen LogP contribution in [0.4, 0.5) is 13.2 Å². The molecule has 2 aliphatic rings. The average molecular weight is 752 g/mol. The fourth-order valence-electron chi connectivity index (χ4n) is 7.04. The summed E-state index contributed by atoms with van der Waals surface area (Å²) in [6.45, 7) is 3.42. The molecule has 10 nitrogen and oxygen atoms in total. The maximum absolute atomic E-state index is 13.7. The molecule has 6 rings (SSSR count). The summed E-state index contributed by atoms with van der Waals surface area (Å²) in [5, 5.41) is 0. The SMILES string of the molecule is CCOc1nc(OC)c(CN2C[C@@H]3CN(C(=O)c4cccn4C)CCN3[C@H](C(c3ccccc3)c3ccccc3)C2)c(OCC(F)(F)F)n1.Cl.Cl. The summed E-state index contributed by atoms with van der Waals surface area (Å²) in [6, 6.07) is 24.1. The smallest absolute Gasteiger partial charge is 0.422 e. The molecule has 0 unspecified atom stereocenters. The Morgan fingerprint density at radius 3 is 2.10 bits per heavy atom. The zero-order valence-corrected chi connectivity index (χ0v) is 30.3. The van der Waals surface area contributed by atoms with Crippen LogP contribution >= 0.6 is 24.8 Å². The summed E-state index contributed by atoms with van der Waals surface area (Å²) in [7, 11) is 3.27. The average Bonchev–Trinajstić information content (AvgIpc) is 3.53. The second-order valence-electron chi connectivity index (χ2n) is 12.3. The van der Waals surface area contributed by atoms with Crippen LogP contribution in [0.25, 0.3) is 0 Å². The van der Waals surface area contributed by atoms with Gasteiger partial charge in [-0.1, -0.05) is 60.7 Å².